The molecule has 3 rings (SSSR count). The quantitative estimate of drug-likeness (QED) is 0.368. The minimum atomic E-state index is -0.902. The fourth-order valence-corrected chi connectivity index (χ4v) is 3.62. The molecule has 0 atom stereocenters. The van der Waals surface area contributed by atoms with Crippen LogP contribution in [0.1, 0.15) is 12.0 Å². The molecule has 0 unspecified atom stereocenters. The third-order valence-corrected chi connectivity index (χ3v) is 5.35. The van der Waals surface area contributed by atoms with Crippen molar-refractivity contribution in [3.05, 3.63) is 41.5 Å². The Balaban J connectivity index is 1.71. The van der Waals surface area contributed by atoms with Crippen LogP contribution in [-0.4, -0.2) is 39.9 Å². The van der Waals surface area contributed by atoms with E-state index in [1.165, 1.54) is 24.3 Å². The summed E-state index contributed by atoms with van der Waals surface area (Å²) in [5.74, 6) is -1.64. The molecule has 0 bridgehead atoms. The summed E-state index contributed by atoms with van der Waals surface area (Å²) in [5.41, 5.74) is 5.29. The van der Waals surface area contributed by atoms with Crippen molar-refractivity contribution >= 4 is 35.6 Å². The molecule has 1 aromatic carbocycles. The van der Waals surface area contributed by atoms with E-state index in [-0.39, 0.29) is 23.8 Å². The van der Waals surface area contributed by atoms with Gasteiger partial charge in [0.2, 0.25) is 5.88 Å². The zero-order valence-electron chi connectivity index (χ0n) is 14.2. The molecule has 0 saturated carbocycles. The SMILES string of the molecule is NC(=O)COc1cc(NSN2CCC2)nc(SCc2cccc(F)c2F)n1. The number of primary amides is 1. The van der Waals surface area contributed by atoms with Gasteiger partial charge >= 0.3 is 0 Å². The fourth-order valence-electron chi connectivity index (χ4n) is 2.03. The van der Waals surface area contributed by atoms with Gasteiger partial charge in [-0.1, -0.05) is 23.9 Å². The topological polar surface area (TPSA) is 93.4 Å². The molecule has 144 valence electrons. The van der Waals surface area contributed by atoms with Crippen LogP contribution in [0, 0.1) is 11.6 Å². The maximum atomic E-state index is 13.8. The molecule has 7 nitrogen and oxygen atoms in total. The van der Waals surface area contributed by atoms with Crippen LogP contribution >= 0.6 is 23.9 Å². The van der Waals surface area contributed by atoms with Crippen molar-refractivity contribution in [2.45, 2.75) is 17.3 Å². The van der Waals surface area contributed by atoms with Crippen LogP contribution in [0.25, 0.3) is 0 Å². The van der Waals surface area contributed by atoms with Crippen molar-refractivity contribution in [2.24, 2.45) is 5.73 Å². The van der Waals surface area contributed by atoms with Gasteiger partial charge in [0.1, 0.15) is 5.82 Å². The van der Waals surface area contributed by atoms with E-state index in [0.717, 1.165) is 37.3 Å². The number of ether oxygens (including phenoxy) is 1. The smallest absolute Gasteiger partial charge is 0.255 e. The molecule has 11 heteroatoms. The maximum absolute atomic E-state index is 13.8. The Morgan fingerprint density at radius 1 is 1.33 bits per heavy atom. The zero-order valence-corrected chi connectivity index (χ0v) is 15.8. The van der Waals surface area contributed by atoms with Gasteiger partial charge in [-0.05, 0) is 12.5 Å². The van der Waals surface area contributed by atoms with Gasteiger partial charge in [0.05, 0.1) is 0 Å². The number of carbonyl (C=O) groups excluding carboxylic acids is 1. The fraction of sp³-hybridized carbons (Fsp3) is 0.312. The van der Waals surface area contributed by atoms with Crippen LogP contribution in [0.2, 0.25) is 0 Å². The number of aromatic nitrogens is 2. The predicted octanol–water partition coefficient (Wildman–Crippen LogP) is 2.59. The minimum absolute atomic E-state index is 0.140. The Hall–Kier alpha value is -2.11. The van der Waals surface area contributed by atoms with Gasteiger partial charge in [-0.15, -0.1) is 0 Å². The second-order valence-electron chi connectivity index (χ2n) is 5.61. The summed E-state index contributed by atoms with van der Waals surface area (Å²) < 4.78 is 37.6. The number of rotatable bonds is 9. The van der Waals surface area contributed by atoms with Crippen LogP contribution in [0.3, 0.4) is 0 Å². The van der Waals surface area contributed by atoms with Gasteiger partial charge in [0.25, 0.3) is 5.91 Å². The number of hydrogen-bond acceptors (Lipinski definition) is 8. The molecule has 2 aromatic rings. The van der Waals surface area contributed by atoms with Crippen molar-refractivity contribution in [3.63, 3.8) is 0 Å². The zero-order chi connectivity index (χ0) is 19.2. The molecule has 1 saturated heterocycles. The molecule has 1 amide bonds. The van der Waals surface area contributed by atoms with E-state index in [1.54, 1.807) is 6.07 Å². The maximum Gasteiger partial charge on any atom is 0.255 e. The van der Waals surface area contributed by atoms with Crippen molar-refractivity contribution in [2.75, 3.05) is 24.4 Å². The highest BCUT2D eigenvalue weighted by molar-refractivity contribution is 7.98. The largest absolute Gasteiger partial charge is 0.467 e. The monoisotopic (exact) mass is 413 g/mol. The first-order chi connectivity index (χ1) is 13.0. The molecule has 3 N–H and O–H groups in total. The average Bonchev–Trinajstić information content (AvgIpc) is 2.60. The lowest BCUT2D eigenvalue weighted by Gasteiger charge is -2.28. The molecule has 1 aliphatic rings. The van der Waals surface area contributed by atoms with E-state index in [2.05, 4.69) is 19.0 Å². The third kappa shape index (κ3) is 5.68. The standard InChI is InChI=1S/C16H17F2N5O2S2/c17-11-4-1-3-10(15(11)18)9-26-16-20-13(22-27-23-5-2-6-23)7-14(21-16)25-8-12(19)24/h1,3-4,7H,2,5-6,8-9H2,(H2,19,24)(H,20,21,22). The lowest BCUT2D eigenvalue weighted by molar-refractivity contribution is -0.120. The number of thioether (sulfide) groups is 1. The highest BCUT2D eigenvalue weighted by Crippen LogP contribution is 2.27. The minimum Gasteiger partial charge on any atom is -0.467 e. The molecule has 1 aromatic heterocycles. The molecule has 0 radical (unpaired) electrons. The van der Waals surface area contributed by atoms with Gasteiger partial charge in [-0.25, -0.2) is 18.1 Å². The summed E-state index contributed by atoms with van der Waals surface area (Å²) in [4.78, 5) is 19.4. The second kappa shape index (κ2) is 9.20. The summed E-state index contributed by atoms with van der Waals surface area (Å²) in [6.07, 6.45) is 1.14. The first-order valence-electron chi connectivity index (χ1n) is 8.05. The molecule has 2 heterocycles. The van der Waals surface area contributed by atoms with Crippen molar-refractivity contribution in [3.8, 4) is 5.88 Å². The average molecular weight is 413 g/mol. The lowest BCUT2D eigenvalue weighted by Crippen LogP contribution is -2.31. The number of nitrogens with two attached hydrogens (primary N) is 1. The van der Waals surface area contributed by atoms with Gasteiger partial charge in [-0.2, -0.15) is 4.98 Å². The molecular formula is C16H17F2N5O2S2. The molecule has 0 spiro atoms. The van der Waals surface area contributed by atoms with Crippen LogP contribution in [0.4, 0.5) is 14.6 Å². The molecular weight excluding hydrogens is 396 g/mol. The predicted molar refractivity (Wildman–Crippen MR) is 100 cm³/mol. The number of nitrogens with zero attached hydrogens (tertiary/aromatic N) is 3. The van der Waals surface area contributed by atoms with Crippen LogP contribution in [0.15, 0.2) is 29.4 Å². The van der Waals surface area contributed by atoms with Crippen molar-refractivity contribution < 1.29 is 18.3 Å². The molecule has 27 heavy (non-hydrogen) atoms. The van der Waals surface area contributed by atoms with Crippen LogP contribution in [0.5, 0.6) is 5.88 Å². The van der Waals surface area contributed by atoms with Gasteiger partial charge in [0.15, 0.2) is 23.4 Å². The van der Waals surface area contributed by atoms with Crippen molar-refractivity contribution in [1.82, 2.24) is 14.3 Å². The number of carbonyl (C=O) groups is 1. The molecule has 1 aliphatic heterocycles. The number of halogens is 2. The van der Waals surface area contributed by atoms with E-state index < -0.39 is 17.5 Å². The van der Waals surface area contributed by atoms with E-state index in [9.17, 15) is 13.6 Å². The van der Waals surface area contributed by atoms with E-state index >= 15 is 0 Å². The normalized spacial score (nSPS) is 13.9. The second-order valence-corrected chi connectivity index (χ2v) is 7.45. The van der Waals surface area contributed by atoms with Crippen molar-refractivity contribution in [1.29, 1.82) is 0 Å². The highest BCUT2D eigenvalue weighted by atomic mass is 32.2. The number of anilines is 1. The van der Waals surface area contributed by atoms with E-state index in [1.807, 2.05) is 0 Å². The van der Waals surface area contributed by atoms with Crippen LogP contribution in [-0.2, 0) is 10.5 Å². The van der Waals surface area contributed by atoms with Gasteiger partial charge in [-0.3, -0.25) is 4.79 Å². The first kappa shape index (κ1) is 19.6. The number of nitrogens with one attached hydrogen (secondary N) is 1. The van der Waals surface area contributed by atoms with E-state index in [0.29, 0.717) is 11.0 Å². The summed E-state index contributed by atoms with van der Waals surface area (Å²) in [6.45, 7) is 1.64. The third-order valence-electron chi connectivity index (χ3n) is 3.53. The summed E-state index contributed by atoms with van der Waals surface area (Å²) in [5, 5.41) is 0.298. The first-order valence-corrected chi connectivity index (χ1v) is 9.81. The summed E-state index contributed by atoms with van der Waals surface area (Å²) in [7, 11) is 0. The van der Waals surface area contributed by atoms with E-state index in [4.69, 9.17) is 10.5 Å². The lowest BCUT2D eigenvalue weighted by atomic mass is 10.2. The Morgan fingerprint density at radius 2 is 2.15 bits per heavy atom. The number of benzene rings is 1. The summed E-state index contributed by atoms with van der Waals surface area (Å²) in [6, 6.07) is 5.55. The Kier molecular flexibility index (Phi) is 6.69. The number of hydrogen-bond donors (Lipinski definition) is 2. The van der Waals surface area contributed by atoms with Crippen LogP contribution < -0.4 is 15.2 Å². The Labute approximate surface area is 163 Å². The highest BCUT2D eigenvalue weighted by Gasteiger charge is 2.16. The number of amides is 1. The van der Waals surface area contributed by atoms with Gasteiger partial charge in [0, 0.05) is 42.6 Å². The molecule has 0 aliphatic carbocycles. The Morgan fingerprint density at radius 3 is 2.85 bits per heavy atom. The van der Waals surface area contributed by atoms with Gasteiger partial charge < -0.3 is 15.2 Å². The molecule has 1 fully saturated rings. The summed E-state index contributed by atoms with van der Waals surface area (Å²) >= 11 is 2.53. The Bertz CT molecular complexity index is 823.